The normalized spacial score (nSPS) is 19.4. The highest BCUT2D eigenvalue weighted by Crippen LogP contribution is 2.36. The van der Waals surface area contributed by atoms with Crippen molar-refractivity contribution in [1.29, 1.82) is 0 Å². The minimum Gasteiger partial charge on any atom is -0.444 e. The van der Waals surface area contributed by atoms with Gasteiger partial charge in [-0.1, -0.05) is 0 Å². The zero-order valence-electron chi connectivity index (χ0n) is 23.6. The SMILES string of the molecule is Cc1cn2cc(NC(=O)N3CCc4c(N5C[C@@H](C)N(C(=O)OC(C)(C)C)[C@@H](C)C5)ccnc43)c(C(F)F)cc2n1. The van der Waals surface area contributed by atoms with E-state index in [0.29, 0.717) is 43.2 Å². The number of carbonyl (C=O) groups is 2. The first-order valence-corrected chi connectivity index (χ1v) is 13.4. The number of anilines is 3. The molecule has 2 aliphatic heterocycles. The number of halogens is 2. The number of hydrogen-bond acceptors (Lipinski definition) is 6. The third kappa shape index (κ3) is 5.26. The minimum absolute atomic E-state index is 0.0235. The van der Waals surface area contributed by atoms with E-state index in [1.54, 1.807) is 28.6 Å². The number of aromatic nitrogens is 3. The Balaban J connectivity index is 1.36. The molecule has 0 unspecified atom stereocenters. The van der Waals surface area contributed by atoms with Crippen molar-refractivity contribution >= 4 is 35.0 Å². The fraction of sp³-hybridized carbons (Fsp3) is 0.500. The van der Waals surface area contributed by atoms with Gasteiger partial charge in [-0.3, -0.25) is 9.80 Å². The van der Waals surface area contributed by atoms with Crippen molar-refractivity contribution in [2.24, 2.45) is 0 Å². The predicted octanol–water partition coefficient (Wildman–Crippen LogP) is 5.40. The van der Waals surface area contributed by atoms with Gasteiger partial charge in [-0.15, -0.1) is 0 Å². The van der Waals surface area contributed by atoms with E-state index in [1.807, 2.05) is 40.7 Å². The maximum Gasteiger partial charge on any atom is 0.410 e. The number of nitrogens with zero attached hydrogens (tertiary/aromatic N) is 6. The molecule has 2 atom stereocenters. The van der Waals surface area contributed by atoms with Gasteiger partial charge in [0.2, 0.25) is 0 Å². The van der Waals surface area contributed by atoms with Crippen LogP contribution in [0.4, 0.5) is 35.6 Å². The summed E-state index contributed by atoms with van der Waals surface area (Å²) in [5, 5.41) is 2.67. The Bertz CT molecular complexity index is 1440. The van der Waals surface area contributed by atoms with Crippen molar-refractivity contribution < 1.29 is 23.1 Å². The molecule has 3 amide bonds. The number of rotatable bonds is 3. The van der Waals surface area contributed by atoms with Gasteiger partial charge >= 0.3 is 12.1 Å². The van der Waals surface area contributed by atoms with Crippen LogP contribution in [-0.2, 0) is 11.2 Å². The minimum atomic E-state index is -2.78. The molecule has 3 aromatic heterocycles. The fourth-order valence-corrected chi connectivity index (χ4v) is 5.60. The van der Waals surface area contributed by atoms with Crippen LogP contribution >= 0.6 is 0 Å². The van der Waals surface area contributed by atoms with Gasteiger partial charge in [0.05, 0.1) is 23.5 Å². The summed E-state index contributed by atoms with van der Waals surface area (Å²) >= 11 is 0. The van der Waals surface area contributed by atoms with Gasteiger partial charge in [0, 0.05) is 55.0 Å². The van der Waals surface area contributed by atoms with Crippen molar-refractivity contribution in [3.8, 4) is 0 Å². The number of alkyl halides is 2. The van der Waals surface area contributed by atoms with Crippen LogP contribution in [0.15, 0.2) is 30.7 Å². The van der Waals surface area contributed by atoms with Crippen LogP contribution in [0.5, 0.6) is 0 Å². The molecule has 1 fully saturated rings. The second-order valence-corrected chi connectivity index (χ2v) is 11.5. The maximum atomic E-state index is 13.9. The maximum absolute atomic E-state index is 13.9. The number of nitrogens with one attached hydrogen (secondary N) is 1. The number of imidazole rings is 1. The number of carbonyl (C=O) groups excluding carboxylic acids is 2. The molecule has 1 saturated heterocycles. The summed E-state index contributed by atoms with van der Waals surface area (Å²) in [5.74, 6) is 0.503. The second-order valence-electron chi connectivity index (χ2n) is 11.5. The second kappa shape index (κ2) is 10.2. The van der Waals surface area contributed by atoms with E-state index in [-0.39, 0.29) is 29.4 Å². The van der Waals surface area contributed by atoms with Crippen molar-refractivity contribution in [2.75, 3.05) is 34.8 Å². The predicted molar refractivity (Wildman–Crippen MR) is 148 cm³/mol. The Labute approximate surface area is 231 Å². The zero-order chi connectivity index (χ0) is 28.9. The smallest absolute Gasteiger partial charge is 0.410 e. The molecular formula is C28H35F2N7O3. The van der Waals surface area contributed by atoms with Crippen LogP contribution in [0.3, 0.4) is 0 Å². The molecule has 0 radical (unpaired) electrons. The Morgan fingerprint density at radius 1 is 1.15 bits per heavy atom. The monoisotopic (exact) mass is 555 g/mol. The lowest BCUT2D eigenvalue weighted by molar-refractivity contribution is 0.00564. The molecule has 0 bridgehead atoms. The summed E-state index contributed by atoms with van der Waals surface area (Å²) in [6.07, 6.45) is 2.29. The van der Waals surface area contributed by atoms with Gasteiger partial charge in [0.15, 0.2) is 0 Å². The van der Waals surface area contributed by atoms with Crippen LogP contribution < -0.4 is 15.1 Å². The van der Waals surface area contributed by atoms with Gasteiger partial charge < -0.3 is 19.4 Å². The van der Waals surface area contributed by atoms with Gasteiger partial charge in [-0.05, 0) is 60.1 Å². The average Bonchev–Trinajstić information content (AvgIpc) is 3.44. The molecule has 2 aliphatic rings. The van der Waals surface area contributed by atoms with Crippen LogP contribution in [0.2, 0.25) is 0 Å². The lowest BCUT2D eigenvalue weighted by Crippen LogP contribution is -2.59. The van der Waals surface area contributed by atoms with E-state index in [0.717, 1.165) is 11.3 Å². The molecule has 0 saturated carbocycles. The van der Waals surface area contributed by atoms with Crippen molar-refractivity contribution in [2.45, 2.75) is 72.1 Å². The standard InChI is InChI=1S/C28H35F2N7O3/c1-16-12-35-15-21(20(24(29)30)11-23(35)32-16)33-26(38)36-10-8-19-22(7-9-31-25(19)36)34-13-17(2)37(18(3)14-34)27(39)40-28(4,5)6/h7,9,11-12,15,17-18,24H,8,10,13-14H2,1-6H3,(H,33,38)/t17-,18+. The molecule has 0 spiro atoms. The zero-order valence-corrected chi connectivity index (χ0v) is 23.6. The number of piperazine rings is 1. The molecular weight excluding hydrogens is 520 g/mol. The van der Waals surface area contributed by atoms with Crippen molar-refractivity contribution in [3.05, 3.63) is 47.5 Å². The summed E-state index contributed by atoms with van der Waals surface area (Å²) in [7, 11) is 0. The Morgan fingerprint density at radius 3 is 2.50 bits per heavy atom. The Kier molecular flexibility index (Phi) is 7.05. The van der Waals surface area contributed by atoms with Crippen LogP contribution in [0, 0.1) is 6.92 Å². The first kappa shape index (κ1) is 27.6. The lowest BCUT2D eigenvalue weighted by atomic mass is 10.1. The van der Waals surface area contributed by atoms with E-state index in [2.05, 4.69) is 20.2 Å². The number of fused-ring (bicyclic) bond motifs is 2. The van der Waals surface area contributed by atoms with Crippen LogP contribution in [0.25, 0.3) is 5.65 Å². The molecule has 0 aromatic carbocycles. The number of ether oxygens (including phenoxy) is 1. The molecule has 10 nitrogen and oxygen atoms in total. The summed E-state index contributed by atoms with van der Waals surface area (Å²) in [6.45, 7) is 12.9. The number of aryl methyl sites for hydroxylation is 1. The third-order valence-electron chi connectivity index (χ3n) is 7.18. The molecule has 214 valence electrons. The quantitative estimate of drug-likeness (QED) is 0.465. The number of hydrogen-bond donors (Lipinski definition) is 1. The van der Waals surface area contributed by atoms with Crippen molar-refractivity contribution in [3.63, 3.8) is 0 Å². The highest BCUT2D eigenvalue weighted by atomic mass is 19.3. The summed E-state index contributed by atoms with van der Waals surface area (Å²) in [4.78, 5) is 40.4. The first-order valence-electron chi connectivity index (χ1n) is 13.4. The molecule has 3 aromatic rings. The van der Waals surface area contributed by atoms with Gasteiger partial charge in [0.25, 0.3) is 6.43 Å². The molecule has 40 heavy (non-hydrogen) atoms. The summed E-state index contributed by atoms with van der Waals surface area (Å²) < 4.78 is 35.0. The Morgan fingerprint density at radius 2 is 1.85 bits per heavy atom. The third-order valence-corrected chi connectivity index (χ3v) is 7.18. The highest BCUT2D eigenvalue weighted by Gasteiger charge is 2.38. The molecule has 5 rings (SSSR count). The number of amides is 3. The lowest BCUT2D eigenvalue weighted by Gasteiger charge is -2.45. The van der Waals surface area contributed by atoms with E-state index < -0.39 is 18.1 Å². The van der Waals surface area contributed by atoms with Gasteiger partial charge in [-0.25, -0.2) is 28.3 Å². The van der Waals surface area contributed by atoms with E-state index in [9.17, 15) is 18.4 Å². The van der Waals surface area contributed by atoms with E-state index in [4.69, 9.17) is 4.74 Å². The average molecular weight is 556 g/mol. The molecule has 0 aliphatic carbocycles. The van der Waals surface area contributed by atoms with Gasteiger partial charge in [0.1, 0.15) is 17.1 Å². The molecule has 1 N–H and O–H groups in total. The van der Waals surface area contributed by atoms with E-state index >= 15 is 0 Å². The Hall–Kier alpha value is -3.96. The van der Waals surface area contributed by atoms with Crippen molar-refractivity contribution in [1.82, 2.24) is 19.3 Å². The van der Waals surface area contributed by atoms with Crippen LogP contribution in [-0.4, -0.2) is 68.7 Å². The molecule has 5 heterocycles. The van der Waals surface area contributed by atoms with Gasteiger partial charge in [-0.2, -0.15) is 0 Å². The summed E-state index contributed by atoms with van der Waals surface area (Å²) in [6, 6.07) is 2.49. The van der Waals surface area contributed by atoms with Crippen LogP contribution in [0.1, 0.15) is 57.9 Å². The number of urea groups is 1. The molecule has 12 heteroatoms. The summed E-state index contributed by atoms with van der Waals surface area (Å²) in [5.41, 5.74) is 2.09. The largest absolute Gasteiger partial charge is 0.444 e. The first-order chi connectivity index (χ1) is 18.8. The number of pyridine rings is 2. The fourth-order valence-electron chi connectivity index (χ4n) is 5.60. The highest BCUT2D eigenvalue weighted by molar-refractivity contribution is 6.03. The van der Waals surface area contributed by atoms with E-state index in [1.165, 1.54) is 17.2 Å². The topological polar surface area (TPSA) is 95.3 Å².